The molecular formula is C17H20O2. The Morgan fingerprint density at radius 2 is 1.53 bits per heavy atom. The van der Waals surface area contributed by atoms with Gasteiger partial charge in [0.15, 0.2) is 0 Å². The Bertz CT molecular complexity index is 482. The lowest BCUT2D eigenvalue weighted by Gasteiger charge is -2.08. The Morgan fingerprint density at radius 3 is 2.26 bits per heavy atom. The monoisotopic (exact) mass is 257 g/mol. The van der Waals surface area contributed by atoms with Crippen LogP contribution in [-0.2, 0) is 0 Å². The number of rotatable bonds is 7. The van der Waals surface area contributed by atoms with E-state index >= 15 is 0 Å². The lowest BCUT2D eigenvalue weighted by Crippen LogP contribution is -1.96. The molecule has 0 aromatic heterocycles. The molecule has 19 heavy (non-hydrogen) atoms. The zero-order valence-electron chi connectivity index (χ0n) is 12.0. The Balaban J connectivity index is 1.78. The molecule has 0 bridgehead atoms. The maximum absolute atomic E-state index is 7.06. The Hall–Kier alpha value is -1.96. The Kier molecular flexibility index (Phi) is 4.75. The van der Waals surface area contributed by atoms with Crippen molar-refractivity contribution in [1.29, 1.82) is 0 Å². The summed E-state index contributed by atoms with van der Waals surface area (Å²) in [5.74, 6) is 2.49. The van der Waals surface area contributed by atoms with Crippen LogP contribution in [0.1, 0.15) is 27.5 Å². The standard InChI is InChI=1S/C17H20O2/c1-2-3-7-14-18-15-10-12-17(13-11-15)19-16-8-5-4-6-9-16/h4-6,8-13H,2-3,7,14H2,1H3/i1D. The normalized spacial score (nSPS) is 10.8. The van der Waals surface area contributed by atoms with Crippen molar-refractivity contribution < 1.29 is 10.8 Å². The van der Waals surface area contributed by atoms with E-state index in [1.165, 1.54) is 0 Å². The molecule has 0 saturated heterocycles. The van der Waals surface area contributed by atoms with Crippen LogP contribution in [0.4, 0.5) is 0 Å². The van der Waals surface area contributed by atoms with Crippen LogP contribution in [0, 0.1) is 0 Å². The third-order valence-corrected chi connectivity index (χ3v) is 2.72. The molecule has 2 rings (SSSR count). The zero-order chi connectivity index (χ0) is 14.0. The molecule has 0 aliphatic heterocycles. The molecule has 0 spiro atoms. The van der Waals surface area contributed by atoms with Gasteiger partial charge in [0.2, 0.25) is 0 Å². The molecule has 2 aromatic carbocycles. The Labute approximate surface area is 116 Å². The van der Waals surface area contributed by atoms with E-state index in [0.29, 0.717) is 13.5 Å². The van der Waals surface area contributed by atoms with E-state index in [4.69, 9.17) is 10.8 Å². The van der Waals surface area contributed by atoms with Gasteiger partial charge < -0.3 is 9.47 Å². The highest BCUT2D eigenvalue weighted by Crippen LogP contribution is 2.23. The molecule has 2 nitrogen and oxygen atoms in total. The van der Waals surface area contributed by atoms with Gasteiger partial charge in [0.25, 0.3) is 0 Å². The maximum Gasteiger partial charge on any atom is 0.127 e. The van der Waals surface area contributed by atoms with Crippen LogP contribution in [0.5, 0.6) is 17.2 Å². The average Bonchev–Trinajstić information content (AvgIpc) is 2.50. The second-order valence-corrected chi connectivity index (χ2v) is 4.30. The summed E-state index contributed by atoms with van der Waals surface area (Å²) in [4.78, 5) is 0. The van der Waals surface area contributed by atoms with Gasteiger partial charge in [-0.05, 0) is 42.8 Å². The van der Waals surface area contributed by atoms with Gasteiger partial charge in [-0.2, -0.15) is 0 Å². The van der Waals surface area contributed by atoms with Crippen LogP contribution < -0.4 is 9.47 Å². The van der Waals surface area contributed by atoms with Crippen molar-refractivity contribution >= 4 is 0 Å². The molecule has 0 saturated carbocycles. The van der Waals surface area contributed by atoms with Gasteiger partial charge in [0.1, 0.15) is 17.2 Å². The lowest BCUT2D eigenvalue weighted by atomic mass is 10.3. The second kappa shape index (κ2) is 7.47. The van der Waals surface area contributed by atoms with Crippen LogP contribution in [0.2, 0.25) is 0 Å². The first-order valence-electron chi connectivity index (χ1n) is 7.34. The average molecular weight is 257 g/mol. The van der Waals surface area contributed by atoms with Crippen LogP contribution in [0.3, 0.4) is 0 Å². The quantitative estimate of drug-likeness (QED) is 0.646. The first kappa shape index (κ1) is 12.1. The minimum Gasteiger partial charge on any atom is -0.494 e. The summed E-state index contributed by atoms with van der Waals surface area (Å²) in [6.07, 6.45) is 3.01. The van der Waals surface area contributed by atoms with Crippen molar-refractivity contribution in [3.8, 4) is 17.2 Å². The highest BCUT2D eigenvalue weighted by atomic mass is 16.5. The summed E-state index contributed by atoms with van der Waals surface area (Å²) in [6.45, 7) is 1.21. The van der Waals surface area contributed by atoms with E-state index in [-0.39, 0.29) is 0 Å². The molecule has 2 heteroatoms. The van der Waals surface area contributed by atoms with Gasteiger partial charge in [-0.3, -0.25) is 0 Å². The minimum atomic E-state index is 0.505. The van der Waals surface area contributed by atoms with Crippen LogP contribution in [-0.4, -0.2) is 6.61 Å². The smallest absolute Gasteiger partial charge is 0.127 e. The summed E-state index contributed by atoms with van der Waals surface area (Å²) in [5, 5.41) is 0. The SMILES string of the molecule is [2H]CCCCCOc1ccc(Oc2ccccc2)cc1. The summed E-state index contributed by atoms with van der Waals surface area (Å²) in [5.41, 5.74) is 0. The van der Waals surface area contributed by atoms with Crippen molar-refractivity contribution in [2.24, 2.45) is 0 Å². The van der Waals surface area contributed by atoms with Crippen molar-refractivity contribution in [3.63, 3.8) is 0 Å². The van der Waals surface area contributed by atoms with Crippen LogP contribution in [0.15, 0.2) is 54.6 Å². The van der Waals surface area contributed by atoms with Gasteiger partial charge in [-0.1, -0.05) is 37.9 Å². The molecule has 0 aliphatic rings. The highest BCUT2D eigenvalue weighted by molar-refractivity contribution is 5.35. The van der Waals surface area contributed by atoms with Gasteiger partial charge in [-0.25, -0.2) is 0 Å². The van der Waals surface area contributed by atoms with Crippen molar-refractivity contribution in [3.05, 3.63) is 54.6 Å². The van der Waals surface area contributed by atoms with Gasteiger partial charge in [-0.15, -0.1) is 0 Å². The summed E-state index contributed by atoms with van der Waals surface area (Å²) in [6, 6.07) is 17.4. The fraction of sp³-hybridized carbons (Fsp3) is 0.294. The van der Waals surface area contributed by atoms with Crippen LogP contribution in [0.25, 0.3) is 0 Å². The van der Waals surface area contributed by atoms with E-state index in [1.807, 2.05) is 54.6 Å². The molecule has 0 fully saturated rings. The fourth-order valence-electron chi connectivity index (χ4n) is 1.70. The summed E-state index contributed by atoms with van der Waals surface area (Å²) in [7, 11) is 0. The fourth-order valence-corrected chi connectivity index (χ4v) is 1.70. The molecule has 0 unspecified atom stereocenters. The number of hydrogen-bond donors (Lipinski definition) is 0. The molecular weight excluding hydrogens is 236 g/mol. The van der Waals surface area contributed by atoms with Gasteiger partial charge in [0, 0.05) is 1.37 Å². The lowest BCUT2D eigenvalue weighted by molar-refractivity contribution is 0.306. The molecule has 100 valence electrons. The first-order valence-corrected chi connectivity index (χ1v) is 6.63. The highest BCUT2D eigenvalue weighted by Gasteiger charge is 1.98. The number of unbranched alkanes of at least 4 members (excludes halogenated alkanes) is 2. The van der Waals surface area contributed by atoms with E-state index in [2.05, 4.69) is 0 Å². The first-order chi connectivity index (χ1) is 9.88. The van der Waals surface area contributed by atoms with Crippen molar-refractivity contribution in [2.75, 3.05) is 6.61 Å². The molecule has 0 aliphatic carbocycles. The largest absolute Gasteiger partial charge is 0.494 e. The third kappa shape index (κ3) is 4.66. The van der Waals surface area contributed by atoms with E-state index < -0.39 is 0 Å². The number of benzene rings is 2. The predicted octanol–water partition coefficient (Wildman–Crippen LogP) is 5.05. The minimum absolute atomic E-state index is 0.505. The topological polar surface area (TPSA) is 18.5 Å². The zero-order valence-corrected chi connectivity index (χ0v) is 11.0. The predicted molar refractivity (Wildman–Crippen MR) is 78.0 cm³/mol. The van der Waals surface area contributed by atoms with E-state index in [9.17, 15) is 0 Å². The van der Waals surface area contributed by atoms with Crippen LogP contribution >= 0.6 is 0 Å². The molecule has 0 atom stereocenters. The van der Waals surface area contributed by atoms with Gasteiger partial charge in [0.05, 0.1) is 6.61 Å². The number of para-hydroxylation sites is 1. The number of hydrogen-bond acceptors (Lipinski definition) is 2. The number of ether oxygens (including phenoxy) is 2. The third-order valence-electron chi connectivity index (χ3n) is 2.72. The summed E-state index contributed by atoms with van der Waals surface area (Å²) < 4.78 is 18.4. The molecule has 0 amide bonds. The van der Waals surface area contributed by atoms with Crippen molar-refractivity contribution in [1.82, 2.24) is 0 Å². The molecule has 0 N–H and O–H groups in total. The summed E-state index contributed by atoms with van der Waals surface area (Å²) >= 11 is 0. The molecule has 2 aromatic rings. The van der Waals surface area contributed by atoms with E-state index in [1.54, 1.807) is 0 Å². The molecule has 0 radical (unpaired) electrons. The second-order valence-electron chi connectivity index (χ2n) is 4.30. The van der Waals surface area contributed by atoms with Gasteiger partial charge >= 0.3 is 0 Å². The van der Waals surface area contributed by atoms with Crippen molar-refractivity contribution in [2.45, 2.75) is 26.2 Å². The molecule has 0 heterocycles. The maximum atomic E-state index is 7.06. The van der Waals surface area contributed by atoms with E-state index in [0.717, 1.165) is 36.5 Å². The Morgan fingerprint density at radius 1 is 0.842 bits per heavy atom.